The number of fused-ring (bicyclic) bond motifs is 1. The molecule has 0 spiro atoms. The lowest BCUT2D eigenvalue weighted by molar-refractivity contribution is -0.118. The summed E-state index contributed by atoms with van der Waals surface area (Å²) in [5.41, 5.74) is 1.98. The number of rotatable bonds is 3. The smallest absolute Gasteiger partial charge is 0.220 e. The van der Waals surface area contributed by atoms with Crippen molar-refractivity contribution < 1.29 is 9.53 Å². The summed E-state index contributed by atoms with van der Waals surface area (Å²) >= 11 is 0. The molecule has 0 aliphatic rings. The highest BCUT2D eigenvalue weighted by Gasteiger charge is 2.05. The van der Waals surface area contributed by atoms with Crippen LogP contribution in [0.25, 0.3) is 17.0 Å². The van der Waals surface area contributed by atoms with E-state index in [1.54, 1.807) is 13.3 Å². The highest BCUT2D eigenvalue weighted by Crippen LogP contribution is 2.28. The van der Waals surface area contributed by atoms with Gasteiger partial charge in [-0.2, -0.15) is 0 Å². The molecule has 0 atom stereocenters. The molecule has 2 aromatic rings. The first-order chi connectivity index (χ1) is 8.22. The highest BCUT2D eigenvalue weighted by atomic mass is 16.5. The van der Waals surface area contributed by atoms with Crippen LogP contribution < -0.4 is 10.1 Å². The molecule has 0 aliphatic heterocycles. The molecule has 0 radical (unpaired) electrons. The fourth-order valence-corrected chi connectivity index (χ4v) is 1.73. The molecule has 17 heavy (non-hydrogen) atoms. The molecule has 0 saturated carbocycles. The number of benzene rings is 1. The molecule has 0 unspecified atom stereocenters. The Kier molecular flexibility index (Phi) is 3.14. The van der Waals surface area contributed by atoms with Crippen molar-refractivity contribution in [1.82, 2.24) is 10.3 Å². The predicted octanol–water partition coefficient (Wildman–Crippen LogP) is 2.28. The van der Waals surface area contributed by atoms with Crippen LogP contribution in [-0.2, 0) is 4.79 Å². The van der Waals surface area contributed by atoms with E-state index >= 15 is 0 Å². The Hall–Kier alpha value is -2.23. The van der Waals surface area contributed by atoms with Crippen LogP contribution in [0.4, 0.5) is 0 Å². The first kappa shape index (κ1) is 11.3. The molecule has 4 heteroatoms. The Morgan fingerprint density at radius 3 is 2.94 bits per heavy atom. The Morgan fingerprint density at radius 1 is 1.41 bits per heavy atom. The quantitative estimate of drug-likeness (QED) is 0.850. The van der Waals surface area contributed by atoms with Gasteiger partial charge in [0.15, 0.2) is 0 Å². The van der Waals surface area contributed by atoms with Crippen molar-refractivity contribution in [2.75, 3.05) is 7.11 Å². The van der Waals surface area contributed by atoms with Crippen molar-refractivity contribution >= 4 is 22.9 Å². The molecular weight excluding hydrogens is 216 g/mol. The average Bonchev–Trinajstić information content (AvgIpc) is 2.77. The maximum absolute atomic E-state index is 10.8. The lowest BCUT2D eigenvalue weighted by Gasteiger charge is -2.06. The molecule has 2 rings (SSSR count). The molecule has 1 aromatic carbocycles. The zero-order valence-electron chi connectivity index (χ0n) is 9.78. The number of carbonyl (C=O) groups is 1. The topological polar surface area (TPSA) is 54.1 Å². The standard InChI is InChI=1S/C13H14N2O2/c1-9(16)14-7-6-11-10-5-8-15-12(10)3-4-13(11)17-2/h3-8,15H,1-2H3,(H,14,16)/b7-6+. The van der Waals surface area contributed by atoms with E-state index in [1.807, 2.05) is 30.5 Å². The summed E-state index contributed by atoms with van der Waals surface area (Å²) in [5.74, 6) is 0.681. The number of hydrogen-bond donors (Lipinski definition) is 2. The van der Waals surface area contributed by atoms with E-state index in [0.29, 0.717) is 0 Å². The van der Waals surface area contributed by atoms with Gasteiger partial charge < -0.3 is 15.0 Å². The van der Waals surface area contributed by atoms with Crippen LogP contribution in [0.5, 0.6) is 5.75 Å². The van der Waals surface area contributed by atoms with Gasteiger partial charge in [0.25, 0.3) is 0 Å². The molecule has 0 fully saturated rings. The second-order valence-electron chi connectivity index (χ2n) is 3.65. The Labute approximate surface area is 99.3 Å². The van der Waals surface area contributed by atoms with Crippen molar-refractivity contribution in [2.24, 2.45) is 0 Å². The maximum Gasteiger partial charge on any atom is 0.220 e. The first-order valence-corrected chi connectivity index (χ1v) is 5.30. The Morgan fingerprint density at radius 2 is 2.24 bits per heavy atom. The average molecular weight is 230 g/mol. The van der Waals surface area contributed by atoms with E-state index in [2.05, 4.69) is 10.3 Å². The third kappa shape index (κ3) is 2.30. The van der Waals surface area contributed by atoms with E-state index in [9.17, 15) is 4.79 Å². The minimum atomic E-state index is -0.0959. The van der Waals surface area contributed by atoms with Crippen LogP contribution in [-0.4, -0.2) is 18.0 Å². The molecule has 1 aromatic heterocycles. The normalized spacial score (nSPS) is 10.9. The monoisotopic (exact) mass is 230 g/mol. The van der Waals surface area contributed by atoms with Gasteiger partial charge in [-0.3, -0.25) is 4.79 Å². The van der Waals surface area contributed by atoms with Crippen molar-refractivity contribution in [3.05, 3.63) is 36.2 Å². The van der Waals surface area contributed by atoms with Gasteiger partial charge in [0.1, 0.15) is 5.75 Å². The van der Waals surface area contributed by atoms with Crippen molar-refractivity contribution in [3.63, 3.8) is 0 Å². The SMILES string of the molecule is COc1ccc2[nH]ccc2c1/C=C/NC(C)=O. The largest absolute Gasteiger partial charge is 0.496 e. The zero-order chi connectivity index (χ0) is 12.3. The molecule has 0 bridgehead atoms. The van der Waals surface area contributed by atoms with Gasteiger partial charge in [-0.15, -0.1) is 0 Å². The summed E-state index contributed by atoms with van der Waals surface area (Å²) in [5, 5.41) is 3.68. The van der Waals surface area contributed by atoms with Gasteiger partial charge in [0, 0.05) is 35.8 Å². The van der Waals surface area contributed by atoms with Crippen LogP contribution in [0.2, 0.25) is 0 Å². The molecular formula is C13H14N2O2. The van der Waals surface area contributed by atoms with Crippen LogP contribution in [0.3, 0.4) is 0 Å². The first-order valence-electron chi connectivity index (χ1n) is 5.30. The van der Waals surface area contributed by atoms with Gasteiger partial charge in [-0.05, 0) is 24.3 Å². The van der Waals surface area contributed by atoms with Crippen LogP contribution in [0.15, 0.2) is 30.6 Å². The lowest BCUT2D eigenvalue weighted by Crippen LogP contribution is -2.11. The number of amides is 1. The number of aromatic nitrogens is 1. The third-order valence-corrected chi connectivity index (χ3v) is 2.49. The predicted molar refractivity (Wildman–Crippen MR) is 67.7 cm³/mol. The Balaban J connectivity index is 2.44. The number of carbonyl (C=O) groups excluding carboxylic acids is 1. The number of H-pyrrole nitrogens is 1. The van der Waals surface area contributed by atoms with Crippen LogP contribution in [0.1, 0.15) is 12.5 Å². The summed E-state index contributed by atoms with van der Waals surface area (Å²) < 4.78 is 5.30. The van der Waals surface area contributed by atoms with Crippen LogP contribution >= 0.6 is 0 Å². The van der Waals surface area contributed by atoms with Gasteiger partial charge in [-0.25, -0.2) is 0 Å². The number of hydrogen-bond acceptors (Lipinski definition) is 2. The number of methoxy groups -OCH3 is 1. The van der Waals surface area contributed by atoms with Crippen molar-refractivity contribution in [3.8, 4) is 5.75 Å². The molecule has 1 amide bonds. The fraction of sp³-hybridized carbons (Fsp3) is 0.154. The van der Waals surface area contributed by atoms with E-state index in [1.165, 1.54) is 6.92 Å². The minimum Gasteiger partial charge on any atom is -0.496 e. The van der Waals surface area contributed by atoms with Crippen LogP contribution in [0, 0.1) is 0 Å². The minimum absolute atomic E-state index is 0.0959. The van der Waals surface area contributed by atoms with E-state index in [-0.39, 0.29) is 5.91 Å². The summed E-state index contributed by atoms with van der Waals surface area (Å²) in [6.45, 7) is 1.47. The van der Waals surface area contributed by atoms with Crippen molar-refractivity contribution in [2.45, 2.75) is 6.92 Å². The summed E-state index contributed by atoms with van der Waals surface area (Å²) in [6, 6.07) is 5.83. The maximum atomic E-state index is 10.8. The second kappa shape index (κ2) is 4.74. The number of ether oxygens (including phenoxy) is 1. The Bertz CT molecular complexity index is 570. The molecule has 0 saturated heterocycles. The van der Waals surface area contributed by atoms with E-state index < -0.39 is 0 Å². The highest BCUT2D eigenvalue weighted by molar-refractivity contribution is 5.91. The van der Waals surface area contributed by atoms with Gasteiger partial charge >= 0.3 is 0 Å². The summed E-state index contributed by atoms with van der Waals surface area (Å²) in [4.78, 5) is 13.9. The lowest BCUT2D eigenvalue weighted by atomic mass is 10.1. The fourth-order valence-electron chi connectivity index (χ4n) is 1.73. The van der Waals surface area contributed by atoms with Crippen molar-refractivity contribution in [1.29, 1.82) is 0 Å². The second-order valence-corrected chi connectivity index (χ2v) is 3.65. The summed E-state index contributed by atoms with van der Waals surface area (Å²) in [6.07, 6.45) is 5.32. The van der Waals surface area contributed by atoms with Gasteiger partial charge in [-0.1, -0.05) is 0 Å². The van der Waals surface area contributed by atoms with Gasteiger partial charge in [0.2, 0.25) is 5.91 Å². The zero-order valence-corrected chi connectivity index (χ0v) is 9.78. The van der Waals surface area contributed by atoms with Gasteiger partial charge in [0.05, 0.1) is 7.11 Å². The van der Waals surface area contributed by atoms with E-state index in [0.717, 1.165) is 22.2 Å². The number of aromatic amines is 1. The summed E-state index contributed by atoms with van der Waals surface area (Å²) in [7, 11) is 1.63. The molecule has 88 valence electrons. The van der Waals surface area contributed by atoms with E-state index in [4.69, 9.17) is 4.74 Å². The molecule has 0 aliphatic carbocycles. The number of nitrogens with one attached hydrogen (secondary N) is 2. The third-order valence-electron chi connectivity index (χ3n) is 2.49. The molecule has 1 heterocycles. The molecule has 4 nitrogen and oxygen atoms in total. The molecule has 2 N–H and O–H groups in total.